The molecule has 2 aliphatic rings. The van der Waals surface area contributed by atoms with Crippen LogP contribution in [0.3, 0.4) is 0 Å². The zero-order valence-corrected chi connectivity index (χ0v) is 21.8. The number of carbonyl (C=O) groups excluding carboxylic acids is 3. The zero-order chi connectivity index (χ0) is 26.7. The topological polar surface area (TPSA) is 101 Å². The van der Waals surface area contributed by atoms with Crippen molar-refractivity contribution in [3.05, 3.63) is 65.9 Å². The van der Waals surface area contributed by atoms with Gasteiger partial charge in [0, 0.05) is 38.0 Å². The van der Waals surface area contributed by atoms with Gasteiger partial charge in [-0.2, -0.15) is 0 Å². The van der Waals surface area contributed by atoms with Gasteiger partial charge in [0.15, 0.2) is 17.1 Å². The number of fused-ring (bicyclic) bond motifs is 1. The van der Waals surface area contributed by atoms with Gasteiger partial charge >= 0.3 is 12.0 Å². The number of para-hydroxylation sites is 1. The second-order valence-electron chi connectivity index (χ2n) is 10.2. The molecule has 200 valence electrons. The van der Waals surface area contributed by atoms with E-state index in [1.165, 1.54) is 7.11 Å². The Bertz CT molecular complexity index is 1310. The Hall–Kier alpha value is -4.01. The van der Waals surface area contributed by atoms with Crippen LogP contribution in [-0.2, 0) is 16.0 Å². The van der Waals surface area contributed by atoms with Crippen LogP contribution in [-0.4, -0.2) is 74.1 Å². The largest absolute Gasteiger partial charge is 0.493 e. The van der Waals surface area contributed by atoms with E-state index in [1.54, 1.807) is 18.1 Å². The second-order valence-corrected chi connectivity index (χ2v) is 10.2. The van der Waals surface area contributed by atoms with E-state index in [4.69, 9.17) is 13.9 Å². The van der Waals surface area contributed by atoms with Crippen molar-refractivity contribution in [1.82, 2.24) is 15.1 Å². The number of urea groups is 1. The van der Waals surface area contributed by atoms with Crippen molar-refractivity contribution in [3.63, 3.8) is 0 Å². The number of hydrogen-bond acceptors (Lipinski definition) is 6. The van der Waals surface area contributed by atoms with Gasteiger partial charge in [0.1, 0.15) is 6.04 Å². The van der Waals surface area contributed by atoms with Crippen molar-refractivity contribution >= 4 is 28.9 Å². The second kappa shape index (κ2) is 10.8. The molecule has 9 heteroatoms. The Morgan fingerprint density at radius 1 is 0.974 bits per heavy atom. The molecule has 2 fully saturated rings. The van der Waals surface area contributed by atoms with Crippen LogP contribution in [0, 0.1) is 5.41 Å². The van der Waals surface area contributed by atoms with E-state index in [2.05, 4.69) is 5.32 Å². The quantitative estimate of drug-likeness (QED) is 0.497. The summed E-state index contributed by atoms with van der Waals surface area (Å²) in [6.07, 6.45) is 2.84. The standard InChI is InChI=1S/C29H33N3O6/c1-36-23-10-6-9-21-18-24(38-25(21)23)26(33)31-14-11-29(12-15-31)13-16-32(19-29)28(35)30-22(27(34)37-2)17-20-7-4-3-5-8-20/h3-10,18,22H,11-17,19H2,1-2H3,(H,30,35). The smallest absolute Gasteiger partial charge is 0.328 e. The molecule has 1 atom stereocenters. The van der Waals surface area contributed by atoms with Crippen LogP contribution < -0.4 is 10.1 Å². The maximum absolute atomic E-state index is 13.2. The molecule has 3 amide bonds. The molecule has 2 saturated heterocycles. The predicted molar refractivity (Wildman–Crippen MR) is 141 cm³/mol. The van der Waals surface area contributed by atoms with Crippen LogP contribution in [0.4, 0.5) is 4.79 Å². The third-order valence-corrected chi connectivity index (χ3v) is 7.84. The highest BCUT2D eigenvalue weighted by Crippen LogP contribution is 2.41. The predicted octanol–water partition coefficient (Wildman–Crippen LogP) is 3.86. The lowest BCUT2D eigenvalue weighted by Gasteiger charge is -2.39. The number of furan rings is 1. The highest BCUT2D eigenvalue weighted by atomic mass is 16.5. The lowest BCUT2D eigenvalue weighted by Crippen LogP contribution is -2.50. The summed E-state index contributed by atoms with van der Waals surface area (Å²) in [5.41, 5.74) is 1.48. The number of carbonyl (C=O) groups is 3. The Morgan fingerprint density at radius 3 is 2.37 bits per heavy atom. The zero-order valence-electron chi connectivity index (χ0n) is 21.8. The van der Waals surface area contributed by atoms with Gasteiger partial charge in [-0.3, -0.25) is 4.79 Å². The molecule has 3 heterocycles. The van der Waals surface area contributed by atoms with Crippen molar-refractivity contribution in [2.45, 2.75) is 31.7 Å². The highest BCUT2D eigenvalue weighted by Gasteiger charge is 2.43. The fraction of sp³-hybridized carbons (Fsp3) is 0.414. The Kier molecular flexibility index (Phi) is 7.26. The molecule has 1 aromatic heterocycles. The van der Waals surface area contributed by atoms with Gasteiger partial charge in [0.2, 0.25) is 0 Å². The summed E-state index contributed by atoms with van der Waals surface area (Å²) >= 11 is 0. The molecule has 1 N–H and O–H groups in total. The summed E-state index contributed by atoms with van der Waals surface area (Å²) in [7, 11) is 2.90. The molecule has 0 saturated carbocycles. The lowest BCUT2D eigenvalue weighted by molar-refractivity contribution is -0.142. The summed E-state index contributed by atoms with van der Waals surface area (Å²) in [4.78, 5) is 42.3. The number of amides is 3. The van der Waals surface area contributed by atoms with E-state index in [0.717, 1.165) is 30.2 Å². The molecule has 0 aliphatic carbocycles. The first-order valence-electron chi connectivity index (χ1n) is 12.9. The summed E-state index contributed by atoms with van der Waals surface area (Å²) < 4.78 is 16.2. The van der Waals surface area contributed by atoms with Crippen LogP contribution in [0.1, 0.15) is 35.4 Å². The Labute approximate surface area is 221 Å². The molecular weight excluding hydrogens is 486 g/mol. The molecule has 5 rings (SSSR count). The van der Waals surface area contributed by atoms with E-state index in [1.807, 2.05) is 53.4 Å². The van der Waals surface area contributed by atoms with Gasteiger partial charge in [0.25, 0.3) is 5.91 Å². The fourth-order valence-electron chi connectivity index (χ4n) is 5.58. The minimum Gasteiger partial charge on any atom is -0.493 e. The normalized spacial score (nSPS) is 17.4. The first-order chi connectivity index (χ1) is 18.4. The van der Waals surface area contributed by atoms with Crippen molar-refractivity contribution in [3.8, 4) is 5.75 Å². The van der Waals surface area contributed by atoms with Crippen LogP contribution >= 0.6 is 0 Å². The summed E-state index contributed by atoms with van der Waals surface area (Å²) in [5, 5.41) is 3.71. The number of rotatable bonds is 6. The fourth-order valence-corrected chi connectivity index (χ4v) is 5.58. The molecule has 0 radical (unpaired) electrons. The molecule has 2 aliphatic heterocycles. The Balaban J connectivity index is 1.18. The van der Waals surface area contributed by atoms with Crippen LogP contribution in [0.5, 0.6) is 5.75 Å². The third kappa shape index (κ3) is 5.18. The van der Waals surface area contributed by atoms with Crippen molar-refractivity contribution in [2.75, 3.05) is 40.4 Å². The maximum atomic E-state index is 13.2. The number of ether oxygens (including phenoxy) is 2. The third-order valence-electron chi connectivity index (χ3n) is 7.84. The molecule has 38 heavy (non-hydrogen) atoms. The molecule has 1 spiro atoms. The van der Waals surface area contributed by atoms with Crippen LogP contribution in [0.2, 0.25) is 0 Å². The van der Waals surface area contributed by atoms with E-state index >= 15 is 0 Å². The number of hydrogen-bond donors (Lipinski definition) is 1. The SMILES string of the molecule is COC(=O)C(Cc1ccccc1)NC(=O)N1CCC2(CCN(C(=O)c3cc4cccc(OC)c4o3)CC2)C1. The Morgan fingerprint density at radius 2 is 1.68 bits per heavy atom. The minimum atomic E-state index is -0.756. The summed E-state index contributed by atoms with van der Waals surface area (Å²) in [6, 6.07) is 15.9. The van der Waals surface area contributed by atoms with Gasteiger partial charge < -0.3 is 29.0 Å². The monoisotopic (exact) mass is 519 g/mol. The van der Waals surface area contributed by atoms with E-state index in [0.29, 0.717) is 49.7 Å². The minimum absolute atomic E-state index is 0.0363. The molecule has 3 aromatic rings. The first kappa shape index (κ1) is 25.6. The average Bonchev–Trinajstić information content (AvgIpc) is 3.57. The van der Waals surface area contributed by atoms with Gasteiger partial charge in [-0.05, 0) is 42.4 Å². The number of benzene rings is 2. The summed E-state index contributed by atoms with van der Waals surface area (Å²) in [6.45, 7) is 2.41. The van der Waals surface area contributed by atoms with Gasteiger partial charge in [0.05, 0.1) is 14.2 Å². The highest BCUT2D eigenvalue weighted by molar-refractivity contribution is 5.97. The van der Waals surface area contributed by atoms with E-state index in [-0.39, 0.29) is 17.4 Å². The van der Waals surface area contributed by atoms with E-state index < -0.39 is 12.0 Å². The molecule has 0 bridgehead atoms. The van der Waals surface area contributed by atoms with Crippen LogP contribution in [0.25, 0.3) is 11.0 Å². The molecular formula is C29H33N3O6. The number of nitrogens with zero attached hydrogens (tertiary/aromatic N) is 2. The number of nitrogens with one attached hydrogen (secondary N) is 1. The summed E-state index contributed by atoms with van der Waals surface area (Å²) in [5.74, 6) is 0.306. The van der Waals surface area contributed by atoms with Gasteiger partial charge in [-0.15, -0.1) is 0 Å². The van der Waals surface area contributed by atoms with Gasteiger partial charge in [-0.1, -0.05) is 42.5 Å². The number of esters is 1. The lowest BCUT2D eigenvalue weighted by atomic mass is 9.78. The molecule has 9 nitrogen and oxygen atoms in total. The first-order valence-corrected chi connectivity index (χ1v) is 12.9. The maximum Gasteiger partial charge on any atom is 0.328 e. The van der Waals surface area contributed by atoms with Crippen molar-refractivity contribution < 1.29 is 28.3 Å². The molecule has 2 aromatic carbocycles. The number of likely N-dealkylation sites (tertiary alicyclic amines) is 2. The van der Waals surface area contributed by atoms with E-state index in [9.17, 15) is 14.4 Å². The van der Waals surface area contributed by atoms with Crippen molar-refractivity contribution in [1.29, 1.82) is 0 Å². The molecule has 1 unspecified atom stereocenters. The average molecular weight is 520 g/mol. The number of piperidine rings is 1. The van der Waals surface area contributed by atoms with Crippen LogP contribution in [0.15, 0.2) is 59.0 Å². The van der Waals surface area contributed by atoms with Gasteiger partial charge in [-0.25, -0.2) is 9.59 Å². The number of methoxy groups -OCH3 is 2. The van der Waals surface area contributed by atoms with Crippen molar-refractivity contribution in [2.24, 2.45) is 5.41 Å².